The molecule has 3 N–H and O–H groups in total. The summed E-state index contributed by atoms with van der Waals surface area (Å²) in [6.07, 6.45) is -4.74. The summed E-state index contributed by atoms with van der Waals surface area (Å²) in [6.45, 7) is 0.514. The topological polar surface area (TPSA) is 55.1 Å². The Labute approximate surface area is 109 Å². The summed E-state index contributed by atoms with van der Waals surface area (Å²) >= 11 is 0. The van der Waals surface area contributed by atoms with Gasteiger partial charge in [-0.3, -0.25) is 4.79 Å². The van der Waals surface area contributed by atoms with Crippen molar-refractivity contribution in [3.8, 4) is 0 Å². The zero-order valence-corrected chi connectivity index (χ0v) is 10.3. The number of rotatable bonds is 4. The first kappa shape index (κ1) is 16.7. The number of alkyl halides is 3. The molecule has 0 heterocycles. The third kappa shape index (κ3) is 4.93. The van der Waals surface area contributed by atoms with Crippen LogP contribution in [0.25, 0.3) is 0 Å². The van der Waals surface area contributed by atoms with E-state index in [9.17, 15) is 18.0 Å². The van der Waals surface area contributed by atoms with E-state index in [0.29, 0.717) is 0 Å². The third-order valence-corrected chi connectivity index (χ3v) is 2.14. The summed E-state index contributed by atoms with van der Waals surface area (Å²) in [4.78, 5) is 11.3. The first-order valence-electron chi connectivity index (χ1n) is 5.07. The van der Waals surface area contributed by atoms with E-state index >= 15 is 0 Å². The molecular formula is C11H14ClF3N2O. The van der Waals surface area contributed by atoms with Crippen LogP contribution in [0.3, 0.4) is 0 Å². The van der Waals surface area contributed by atoms with Gasteiger partial charge in [0.2, 0.25) is 5.91 Å². The van der Waals surface area contributed by atoms with Crippen LogP contribution in [0.4, 0.5) is 13.2 Å². The molecule has 0 spiro atoms. The van der Waals surface area contributed by atoms with Gasteiger partial charge in [-0.1, -0.05) is 18.2 Å². The molecule has 0 radical (unpaired) electrons. The van der Waals surface area contributed by atoms with E-state index < -0.39 is 17.6 Å². The van der Waals surface area contributed by atoms with Crippen molar-refractivity contribution in [1.82, 2.24) is 5.32 Å². The molecule has 102 valence electrons. The molecule has 0 aliphatic carbocycles. The predicted molar refractivity (Wildman–Crippen MR) is 64.5 cm³/mol. The highest BCUT2D eigenvalue weighted by Gasteiger charge is 2.33. The van der Waals surface area contributed by atoms with E-state index in [-0.39, 0.29) is 37.5 Å². The predicted octanol–water partition coefficient (Wildman–Crippen LogP) is 1.74. The lowest BCUT2D eigenvalue weighted by atomic mass is 10.0. The fourth-order valence-corrected chi connectivity index (χ4v) is 1.40. The van der Waals surface area contributed by atoms with E-state index in [0.717, 1.165) is 6.07 Å². The van der Waals surface area contributed by atoms with Gasteiger partial charge in [-0.05, 0) is 11.6 Å². The van der Waals surface area contributed by atoms with Crippen LogP contribution >= 0.6 is 12.4 Å². The van der Waals surface area contributed by atoms with E-state index in [1.165, 1.54) is 18.2 Å². The van der Waals surface area contributed by atoms with Crippen LogP contribution in [0.15, 0.2) is 24.3 Å². The molecule has 1 aromatic rings. The van der Waals surface area contributed by atoms with E-state index in [2.05, 4.69) is 5.32 Å². The van der Waals surface area contributed by atoms with Crippen LogP contribution in [0.5, 0.6) is 0 Å². The van der Waals surface area contributed by atoms with Gasteiger partial charge in [0.1, 0.15) is 0 Å². The molecule has 0 aliphatic heterocycles. The second-order valence-electron chi connectivity index (χ2n) is 3.47. The fraction of sp³-hybridized carbons (Fsp3) is 0.364. The Bertz CT molecular complexity index is 396. The molecule has 1 rings (SSSR count). The monoisotopic (exact) mass is 282 g/mol. The van der Waals surface area contributed by atoms with Gasteiger partial charge >= 0.3 is 6.18 Å². The smallest absolute Gasteiger partial charge is 0.355 e. The highest BCUT2D eigenvalue weighted by molar-refractivity contribution is 5.85. The number of hydrogen-bond donors (Lipinski definition) is 2. The lowest BCUT2D eigenvalue weighted by molar-refractivity contribution is -0.138. The molecule has 18 heavy (non-hydrogen) atoms. The molecule has 1 amide bonds. The molecule has 0 aliphatic rings. The maximum atomic E-state index is 12.6. The van der Waals surface area contributed by atoms with Gasteiger partial charge in [-0.15, -0.1) is 12.4 Å². The van der Waals surface area contributed by atoms with E-state index in [1.807, 2.05) is 0 Å². The Morgan fingerprint density at radius 3 is 2.44 bits per heavy atom. The molecule has 0 atom stereocenters. The van der Waals surface area contributed by atoms with Gasteiger partial charge in [0.15, 0.2) is 0 Å². The quantitative estimate of drug-likeness (QED) is 0.884. The maximum absolute atomic E-state index is 12.6. The minimum atomic E-state index is -4.44. The number of nitrogens with two attached hydrogens (primary N) is 1. The Morgan fingerprint density at radius 2 is 1.89 bits per heavy atom. The number of benzene rings is 1. The lowest BCUT2D eigenvalue weighted by Crippen LogP contribution is -2.30. The molecular weight excluding hydrogens is 269 g/mol. The number of carbonyl (C=O) groups is 1. The molecule has 0 saturated heterocycles. The van der Waals surface area contributed by atoms with Crippen LogP contribution < -0.4 is 11.1 Å². The van der Waals surface area contributed by atoms with Crippen molar-refractivity contribution in [3.63, 3.8) is 0 Å². The second-order valence-corrected chi connectivity index (χ2v) is 3.47. The molecule has 0 saturated carbocycles. The van der Waals surface area contributed by atoms with Crippen LogP contribution in [0, 0.1) is 0 Å². The number of hydrogen-bond acceptors (Lipinski definition) is 2. The van der Waals surface area contributed by atoms with Crippen molar-refractivity contribution < 1.29 is 18.0 Å². The zero-order valence-electron chi connectivity index (χ0n) is 9.46. The average Bonchev–Trinajstić information content (AvgIpc) is 2.25. The minimum Gasteiger partial charge on any atom is -0.355 e. The normalized spacial score (nSPS) is 10.7. The molecule has 0 unspecified atom stereocenters. The largest absolute Gasteiger partial charge is 0.416 e. The van der Waals surface area contributed by atoms with Gasteiger partial charge in [0, 0.05) is 13.1 Å². The van der Waals surface area contributed by atoms with Crippen molar-refractivity contribution in [2.45, 2.75) is 12.6 Å². The Balaban J connectivity index is 0.00000289. The molecule has 0 bridgehead atoms. The van der Waals surface area contributed by atoms with E-state index in [1.54, 1.807) is 0 Å². The lowest BCUT2D eigenvalue weighted by Gasteiger charge is -2.12. The first-order chi connectivity index (χ1) is 7.95. The summed E-state index contributed by atoms with van der Waals surface area (Å²) in [5, 5.41) is 2.43. The number of carbonyl (C=O) groups excluding carboxylic acids is 1. The molecule has 7 heteroatoms. The van der Waals surface area contributed by atoms with Gasteiger partial charge in [0.25, 0.3) is 0 Å². The summed E-state index contributed by atoms with van der Waals surface area (Å²) in [6, 6.07) is 5.03. The maximum Gasteiger partial charge on any atom is 0.416 e. The molecule has 3 nitrogen and oxygen atoms in total. The summed E-state index contributed by atoms with van der Waals surface area (Å²) < 4.78 is 37.8. The second kappa shape index (κ2) is 7.23. The molecule has 0 aromatic heterocycles. The van der Waals surface area contributed by atoms with Crippen molar-refractivity contribution >= 4 is 18.3 Å². The highest BCUT2D eigenvalue weighted by Crippen LogP contribution is 2.31. The van der Waals surface area contributed by atoms with Crippen molar-refractivity contribution in [2.24, 2.45) is 5.73 Å². The van der Waals surface area contributed by atoms with Crippen LogP contribution in [0.2, 0.25) is 0 Å². The Hall–Kier alpha value is -1.27. The van der Waals surface area contributed by atoms with Crippen molar-refractivity contribution in [3.05, 3.63) is 35.4 Å². The Morgan fingerprint density at radius 1 is 1.28 bits per heavy atom. The third-order valence-electron chi connectivity index (χ3n) is 2.14. The summed E-state index contributed by atoms with van der Waals surface area (Å²) in [7, 11) is 0. The van der Waals surface area contributed by atoms with Gasteiger partial charge < -0.3 is 11.1 Å². The average molecular weight is 283 g/mol. The summed E-state index contributed by atoms with van der Waals surface area (Å²) in [5.41, 5.74) is 4.37. The number of amides is 1. The van der Waals surface area contributed by atoms with E-state index in [4.69, 9.17) is 5.73 Å². The van der Waals surface area contributed by atoms with Crippen molar-refractivity contribution in [1.29, 1.82) is 0 Å². The Kier molecular flexibility index (Phi) is 6.72. The number of halogens is 4. The molecule has 0 fully saturated rings. The SMILES string of the molecule is Cl.NCCNC(=O)Cc1ccccc1C(F)(F)F. The van der Waals surface area contributed by atoms with Gasteiger partial charge in [-0.2, -0.15) is 13.2 Å². The zero-order chi connectivity index (χ0) is 12.9. The highest BCUT2D eigenvalue weighted by atomic mass is 35.5. The number of nitrogens with one attached hydrogen (secondary N) is 1. The van der Waals surface area contributed by atoms with Crippen molar-refractivity contribution in [2.75, 3.05) is 13.1 Å². The van der Waals surface area contributed by atoms with Gasteiger partial charge in [-0.25, -0.2) is 0 Å². The van der Waals surface area contributed by atoms with Gasteiger partial charge in [0.05, 0.1) is 12.0 Å². The minimum absolute atomic E-state index is 0. The van der Waals surface area contributed by atoms with Crippen LogP contribution in [0.1, 0.15) is 11.1 Å². The van der Waals surface area contributed by atoms with Crippen LogP contribution in [-0.4, -0.2) is 19.0 Å². The molecule has 1 aromatic carbocycles. The summed E-state index contributed by atoms with van der Waals surface area (Å²) in [5.74, 6) is -0.466. The first-order valence-corrected chi connectivity index (χ1v) is 5.07. The fourth-order valence-electron chi connectivity index (χ4n) is 1.40. The standard InChI is InChI=1S/C11H13F3N2O.ClH/c12-11(13,14)9-4-2-1-3-8(9)7-10(17)16-6-5-15;/h1-4H,5-7,15H2,(H,16,17);1H. The van der Waals surface area contributed by atoms with Crippen LogP contribution in [-0.2, 0) is 17.4 Å².